The van der Waals surface area contributed by atoms with E-state index in [9.17, 15) is 9.59 Å². The Morgan fingerprint density at radius 3 is 2.86 bits per heavy atom. The first-order chi connectivity index (χ1) is 13.5. The maximum atomic E-state index is 12.3. The molecule has 4 aromatic heterocycles. The van der Waals surface area contributed by atoms with E-state index in [-0.39, 0.29) is 17.9 Å². The molecule has 0 saturated heterocycles. The molecule has 0 aliphatic heterocycles. The van der Waals surface area contributed by atoms with Crippen molar-refractivity contribution in [2.24, 2.45) is 7.05 Å². The van der Waals surface area contributed by atoms with Gasteiger partial charge in [-0.05, 0) is 36.8 Å². The Hall–Kier alpha value is -3.74. The molecule has 0 aliphatic carbocycles. The Labute approximate surface area is 161 Å². The fourth-order valence-corrected chi connectivity index (χ4v) is 3.18. The van der Waals surface area contributed by atoms with Crippen molar-refractivity contribution >= 4 is 22.6 Å². The lowest BCUT2D eigenvalue weighted by molar-refractivity contribution is -0.115. The van der Waals surface area contributed by atoms with Crippen LogP contribution in [0.1, 0.15) is 11.3 Å². The Bertz CT molecular complexity index is 1220. The fourth-order valence-electron chi connectivity index (χ4n) is 3.18. The number of nitrogens with one attached hydrogen (secondary N) is 2. The molecule has 0 saturated carbocycles. The third kappa shape index (κ3) is 3.29. The Morgan fingerprint density at radius 1 is 1.21 bits per heavy atom. The molecular formula is C21H19N5O2. The molecule has 0 unspecified atom stereocenters. The van der Waals surface area contributed by atoms with Crippen LogP contribution in [0.2, 0.25) is 0 Å². The number of pyridine rings is 3. The van der Waals surface area contributed by atoms with Crippen molar-refractivity contribution in [2.75, 3.05) is 5.32 Å². The third-order valence-corrected chi connectivity index (χ3v) is 4.58. The zero-order chi connectivity index (χ0) is 19.7. The van der Waals surface area contributed by atoms with E-state index >= 15 is 0 Å². The van der Waals surface area contributed by atoms with Gasteiger partial charge in [-0.3, -0.25) is 14.6 Å². The van der Waals surface area contributed by atoms with Crippen molar-refractivity contribution in [1.29, 1.82) is 0 Å². The largest absolute Gasteiger partial charge is 0.357 e. The van der Waals surface area contributed by atoms with Crippen LogP contribution in [0.25, 0.3) is 22.2 Å². The van der Waals surface area contributed by atoms with Crippen molar-refractivity contribution in [2.45, 2.75) is 13.3 Å². The van der Waals surface area contributed by atoms with Crippen LogP contribution in [-0.2, 0) is 18.3 Å². The first kappa shape index (κ1) is 17.7. The van der Waals surface area contributed by atoms with E-state index < -0.39 is 0 Å². The summed E-state index contributed by atoms with van der Waals surface area (Å²) < 4.78 is 1.53. The van der Waals surface area contributed by atoms with Gasteiger partial charge in [0.05, 0.1) is 12.1 Å². The summed E-state index contributed by atoms with van der Waals surface area (Å²) in [5.74, 6) is 0.271. The number of rotatable bonds is 4. The molecular weight excluding hydrogens is 354 g/mol. The lowest BCUT2D eigenvalue weighted by Crippen LogP contribution is -2.17. The van der Waals surface area contributed by atoms with Crippen molar-refractivity contribution in [3.63, 3.8) is 0 Å². The topological polar surface area (TPSA) is 92.7 Å². The van der Waals surface area contributed by atoms with Gasteiger partial charge >= 0.3 is 0 Å². The average molecular weight is 373 g/mol. The predicted molar refractivity (Wildman–Crippen MR) is 108 cm³/mol. The quantitative estimate of drug-likeness (QED) is 0.575. The van der Waals surface area contributed by atoms with Gasteiger partial charge in [-0.1, -0.05) is 12.1 Å². The lowest BCUT2D eigenvalue weighted by Gasteiger charge is -2.11. The number of carbonyl (C=O) groups excluding carboxylic acids is 1. The van der Waals surface area contributed by atoms with Crippen LogP contribution in [0.3, 0.4) is 0 Å². The minimum absolute atomic E-state index is 0.0961. The summed E-state index contributed by atoms with van der Waals surface area (Å²) >= 11 is 0. The van der Waals surface area contributed by atoms with Crippen LogP contribution < -0.4 is 10.9 Å². The van der Waals surface area contributed by atoms with Gasteiger partial charge in [0.25, 0.3) is 5.56 Å². The zero-order valence-electron chi connectivity index (χ0n) is 15.6. The number of anilines is 1. The van der Waals surface area contributed by atoms with Gasteiger partial charge in [0.1, 0.15) is 11.3 Å². The van der Waals surface area contributed by atoms with Crippen LogP contribution >= 0.6 is 0 Å². The van der Waals surface area contributed by atoms with Crippen molar-refractivity contribution in [3.8, 4) is 11.3 Å². The van der Waals surface area contributed by atoms with Gasteiger partial charge in [0.2, 0.25) is 5.91 Å². The third-order valence-electron chi connectivity index (χ3n) is 4.58. The minimum atomic E-state index is -0.187. The molecule has 2 N–H and O–H groups in total. The number of aromatic amines is 1. The van der Waals surface area contributed by atoms with E-state index in [0.717, 1.165) is 22.2 Å². The summed E-state index contributed by atoms with van der Waals surface area (Å²) in [7, 11) is 1.71. The molecule has 0 aromatic carbocycles. The first-order valence-corrected chi connectivity index (χ1v) is 8.87. The second-order valence-corrected chi connectivity index (χ2v) is 6.63. The van der Waals surface area contributed by atoms with Crippen LogP contribution in [-0.4, -0.2) is 25.4 Å². The van der Waals surface area contributed by atoms with E-state index in [1.807, 2.05) is 31.2 Å². The maximum Gasteiger partial charge on any atom is 0.274 e. The Kier molecular flexibility index (Phi) is 4.49. The first-order valence-electron chi connectivity index (χ1n) is 8.87. The van der Waals surface area contributed by atoms with Gasteiger partial charge in [-0.15, -0.1) is 0 Å². The van der Waals surface area contributed by atoms with Gasteiger partial charge < -0.3 is 14.9 Å². The number of fused-ring (bicyclic) bond motifs is 1. The molecule has 0 bridgehead atoms. The number of H-pyrrole nitrogens is 1. The number of hydrogen-bond donors (Lipinski definition) is 2. The fraction of sp³-hybridized carbons (Fsp3) is 0.143. The number of hydrogen-bond acceptors (Lipinski definition) is 4. The molecule has 7 heteroatoms. The number of carbonyl (C=O) groups is 1. The molecule has 1 amide bonds. The molecule has 28 heavy (non-hydrogen) atoms. The van der Waals surface area contributed by atoms with Crippen LogP contribution in [0, 0.1) is 6.92 Å². The summed E-state index contributed by atoms with van der Waals surface area (Å²) in [6.45, 7) is 1.95. The van der Waals surface area contributed by atoms with Crippen molar-refractivity contribution < 1.29 is 4.79 Å². The number of aromatic nitrogens is 4. The molecule has 4 aromatic rings. The Balaban J connectivity index is 1.69. The monoisotopic (exact) mass is 373 g/mol. The Morgan fingerprint density at radius 2 is 2.07 bits per heavy atom. The van der Waals surface area contributed by atoms with Crippen LogP contribution in [0.5, 0.6) is 0 Å². The molecule has 0 spiro atoms. The van der Waals surface area contributed by atoms with E-state index in [1.165, 1.54) is 4.57 Å². The van der Waals surface area contributed by atoms with Crippen molar-refractivity contribution in [1.82, 2.24) is 19.5 Å². The maximum absolute atomic E-state index is 12.3. The van der Waals surface area contributed by atoms with Crippen LogP contribution in [0.4, 0.5) is 5.82 Å². The molecule has 7 nitrogen and oxygen atoms in total. The summed E-state index contributed by atoms with van der Waals surface area (Å²) in [4.78, 5) is 36.4. The standard InChI is InChI=1S/C21H19N5O2/c1-13-6-7-17(24-18(27)11-14-5-3-4-9-22-14)25-19(13)16-12-26(2)21(28)20-15(16)8-10-23-20/h3-10,12,23H,11H2,1-2H3,(H,24,25,27). The number of aryl methyl sites for hydroxylation is 2. The smallest absolute Gasteiger partial charge is 0.274 e. The highest BCUT2D eigenvalue weighted by Gasteiger charge is 2.14. The average Bonchev–Trinajstić information content (AvgIpc) is 3.17. The SMILES string of the molecule is Cc1ccc(NC(=O)Cc2ccccn2)nc1-c1cn(C)c(=O)c2[nH]ccc12. The van der Waals surface area contributed by atoms with Gasteiger partial charge in [-0.2, -0.15) is 0 Å². The van der Waals surface area contributed by atoms with Crippen molar-refractivity contribution in [3.05, 3.63) is 76.6 Å². The van der Waals surface area contributed by atoms with Crippen LogP contribution in [0.15, 0.2) is 59.8 Å². The predicted octanol–water partition coefficient (Wildman–Crippen LogP) is 2.81. The highest BCUT2D eigenvalue weighted by atomic mass is 16.1. The highest BCUT2D eigenvalue weighted by molar-refractivity contribution is 5.95. The highest BCUT2D eigenvalue weighted by Crippen LogP contribution is 2.28. The second kappa shape index (κ2) is 7.11. The van der Waals surface area contributed by atoms with Gasteiger partial charge in [0.15, 0.2) is 0 Å². The number of nitrogens with zero attached hydrogens (tertiary/aromatic N) is 3. The normalized spacial score (nSPS) is 10.9. The molecule has 4 rings (SSSR count). The van der Waals surface area contributed by atoms with Gasteiger partial charge in [-0.25, -0.2) is 4.98 Å². The lowest BCUT2D eigenvalue weighted by atomic mass is 10.0. The van der Waals surface area contributed by atoms with E-state index in [0.29, 0.717) is 17.0 Å². The zero-order valence-corrected chi connectivity index (χ0v) is 15.6. The van der Waals surface area contributed by atoms with Gasteiger partial charge in [0, 0.05) is 42.3 Å². The van der Waals surface area contributed by atoms with E-state index in [4.69, 9.17) is 0 Å². The molecule has 0 atom stereocenters. The summed E-state index contributed by atoms with van der Waals surface area (Å²) in [5, 5.41) is 3.63. The summed E-state index contributed by atoms with van der Waals surface area (Å²) in [6, 6.07) is 11.0. The summed E-state index contributed by atoms with van der Waals surface area (Å²) in [5.41, 5.74) is 3.63. The minimum Gasteiger partial charge on any atom is -0.357 e. The van der Waals surface area contributed by atoms with E-state index in [2.05, 4.69) is 20.3 Å². The molecule has 0 aliphatic rings. The summed E-state index contributed by atoms with van der Waals surface area (Å²) in [6.07, 6.45) is 5.34. The molecule has 0 fully saturated rings. The van der Waals surface area contributed by atoms with E-state index in [1.54, 1.807) is 37.8 Å². The molecule has 140 valence electrons. The molecule has 0 radical (unpaired) electrons. The second-order valence-electron chi connectivity index (χ2n) is 6.63. The molecule has 4 heterocycles. The number of amides is 1.